The van der Waals surface area contributed by atoms with Gasteiger partial charge in [-0.3, -0.25) is 4.68 Å². The van der Waals surface area contributed by atoms with Crippen molar-refractivity contribution in [2.24, 2.45) is 11.7 Å². The molecule has 3 heteroatoms. The van der Waals surface area contributed by atoms with Crippen molar-refractivity contribution in [1.82, 2.24) is 9.78 Å². The molecule has 19 heavy (non-hydrogen) atoms. The maximum Gasteiger partial charge on any atom is 0.0672 e. The summed E-state index contributed by atoms with van der Waals surface area (Å²) in [7, 11) is 0. The number of hydrogen-bond acceptors (Lipinski definition) is 2. The highest BCUT2D eigenvalue weighted by molar-refractivity contribution is 5.30. The van der Waals surface area contributed by atoms with E-state index in [1.807, 2.05) is 0 Å². The van der Waals surface area contributed by atoms with Gasteiger partial charge in [0.1, 0.15) is 0 Å². The molecule has 3 nitrogen and oxygen atoms in total. The molecule has 1 unspecified atom stereocenters. The third kappa shape index (κ3) is 3.02. The molecule has 1 saturated carbocycles. The predicted octanol–water partition coefficient (Wildman–Crippen LogP) is 3.61. The van der Waals surface area contributed by atoms with E-state index in [0.717, 1.165) is 31.7 Å². The molecule has 0 aromatic carbocycles. The Balaban J connectivity index is 2.29. The molecular formula is C16H29N3. The number of aromatic nitrogens is 2. The molecule has 1 aromatic rings. The van der Waals surface area contributed by atoms with Crippen LogP contribution >= 0.6 is 0 Å². The minimum absolute atomic E-state index is 0.155. The first kappa shape index (κ1) is 14.6. The standard InChI is InChI=1S/C16H29N3/c1-4-13(17)16-14(5-2)18-19(15(16)6-3)11-12-9-7-8-10-12/h12-13H,4-11,17H2,1-3H3. The van der Waals surface area contributed by atoms with Crippen LogP contribution in [0.3, 0.4) is 0 Å². The summed E-state index contributed by atoms with van der Waals surface area (Å²) in [5.41, 5.74) is 10.3. The van der Waals surface area contributed by atoms with Gasteiger partial charge in [0, 0.05) is 23.8 Å². The van der Waals surface area contributed by atoms with E-state index in [0.29, 0.717) is 0 Å². The van der Waals surface area contributed by atoms with Crippen LogP contribution < -0.4 is 5.73 Å². The van der Waals surface area contributed by atoms with Crippen LogP contribution in [-0.2, 0) is 19.4 Å². The molecular weight excluding hydrogens is 234 g/mol. The summed E-state index contributed by atoms with van der Waals surface area (Å²) in [6, 6.07) is 0.155. The highest BCUT2D eigenvalue weighted by Gasteiger charge is 2.22. The Hall–Kier alpha value is -0.830. The Morgan fingerprint density at radius 1 is 1.21 bits per heavy atom. The zero-order valence-corrected chi connectivity index (χ0v) is 12.8. The van der Waals surface area contributed by atoms with Gasteiger partial charge in [-0.15, -0.1) is 0 Å². The number of rotatable bonds is 6. The second-order valence-electron chi connectivity index (χ2n) is 5.86. The lowest BCUT2D eigenvalue weighted by Crippen LogP contribution is -2.15. The summed E-state index contributed by atoms with van der Waals surface area (Å²) in [5.74, 6) is 0.834. The summed E-state index contributed by atoms with van der Waals surface area (Å²) in [6.45, 7) is 7.69. The van der Waals surface area contributed by atoms with Gasteiger partial charge in [0.25, 0.3) is 0 Å². The maximum atomic E-state index is 6.32. The van der Waals surface area contributed by atoms with Crippen molar-refractivity contribution in [3.8, 4) is 0 Å². The second-order valence-corrected chi connectivity index (χ2v) is 5.86. The maximum absolute atomic E-state index is 6.32. The topological polar surface area (TPSA) is 43.8 Å². The summed E-state index contributed by atoms with van der Waals surface area (Å²) in [5, 5.41) is 4.87. The fourth-order valence-corrected chi connectivity index (χ4v) is 3.42. The minimum atomic E-state index is 0.155. The molecule has 1 aromatic heterocycles. The van der Waals surface area contributed by atoms with Gasteiger partial charge in [-0.25, -0.2) is 0 Å². The number of hydrogen-bond donors (Lipinski definition) is 1. The Bertz CT molecular complexity index is 402. The Morgan fingerprint density at radius 3 is 2.42 bits per heavy atom. The van der Waals surface area contributed by atoms with E-state index in [2.05, 4.69) is 25.5 Å². The van der Waals surface area contributed by atoms with Crippen molar-refractivity contribution in [3.63, 3.8) is 0 Å². The van der Waals surface area contributed by atoms with Gasteiger partial charge in [-0.1, -0.05) is 33.6 Å². The van der Waals surface area contributed by atoms with Crippen LogP contribution in [0.15, 0.2) is 0 Å². The number of nitrogens with zero attached hydrogens (tertiary/aromatic N) is 2. The normalized spacial score (nSPS) is 18.1. The van der Waals surface area contributed by atoms with E-state index in [-0.39, 0.29) is 6.04 Å². The highest BCUT2D eigenvalue weighted by Crippen LogP contribution is 2.29. The third-order valence-electron chi connectivity index (χ3n) is 4.56. The van der Waals surface area contributed by atoms with Gasteiger partial charge in [-0.2, -0.15) is 5.10 Å². The molecule has 0 bridgehead atoms. The van der Waals surface area contributed by atoms with Gasteiger partial charge in [0.2, 0.25) is 0 Å². The van der Waals surface area contributed by atoms with E-state index in [9.17, 15) is 0 Å². The van der Waals surface area contributed by atoms with Gasteiger partial charge >= 0.3 is 0 Å². The van der Waals surface area contributed by atoms with Crippen LogP contribution in [0.25, 0.3) is 0 Å². The highest BCUT2D eigenvalue weighted by atomic mass is 15.3. The Morgan fingerprint density at radius 2 is 1.89 bits per heavy atom. The van der Waals surface area contributed by atoms with Crippen molar-refractivity contribution in [2.75, 3.05) is 0 Å². The SMILES string of the molecule is CCc1nn(CC2CCCC2)c(CC)c1C(N)CC. The van der Waals surface area contributed by atoms with Gasteiger partial charge in [0.05, 0.1) is 5.69 Å². The van der Waals surface area contributed by atoms with E-state index in [1.54, 1.807) is 0 Å². The first-order valence-corrected chi connectivity index (χ1v) is 8.05. The molecule has 1 aliphatic rings. The summed E-state index contributed by atoms with van der Waals surface area (Å²) < 4.78 is 2.28. The van der Waals surface area contributed by atoms with Crippen LogP contribution in [-0.4, -0.2) is 9.78 Å². The monoisotopic (exact) mass is 263 g/mol. The Kier molecular flexibility index (Phi) is 5.03. The largest absolute Gasteiger partial charge is 0.324 e. The molecule has 0 saturated heterocycles. The molecule has 1 atom stereocenters. The van der Waals surface area contributed by atoms with Crippen LogP contribution in [0, 0.1) is 5.92 Å². The van der Waals surface area contributed by atoms with Crippen LogP contribution in [0.4, 0.5) is 0 Å². The molecule has 1 heterocycles. The van der Waals surface area contributed by atoms with E-state index < -0.39 is 0 Å². The molecule has 0 amide bonds. The molecule has 0 spiro atoms. The van der Waals surface area contributed by atoms with Crippen molar-refractivity contribution in [3.05, 3.63) is 17.0 Å². The molecule has 1 fully saturated rings. The third-order valence-corrected chi connectivity index (χ3v) is 4.56. The summed E-state index contributed by atoms with van der Waals surface area (Å²) >= 11 is 0. The lowest BCUT2D eigenvalue weighted by atomic mass is 10.00. The van der Waals surface area contributed by atoms with Crippen LogP contribution in [0.1, 0.15) is 75.9 Å². The first-order valence-electron chi connectivity index (χ1n) is 8.05. The molecule has 108 valence electrons. The number of aryl methyl sites for hydroxylation is 1. The molecule has 2 rings (SSSR count). The van der Waals surface area contributed by atoms with E-state index >= 15 is 0 Å². The van der Waals surface area contributed by atoms with Crippen molar-refractivity contribution in [1.29, 1.82) is 0 Å². The predicted molar refractivity (Wildman–Crippen MR) is 80.2 cm³/mol. The number of nitrogens with two attached hydrogens (primary N) is 1. The fraction of sp³-hybridized carbons (Fsp3) is 0.812. The van der Waals surface area contributed by atoms with Gasteiger partial charge in [0.15, 0.2) is 0 Å². The van der Waals surface area contributed by atoms with Crippen LogP contribution in [0.5, 0.6) is 0 Å². The zero-order valence-electron chi connectivity index (χ0n) is 12.8. The van der Waals surface area contributed by atoms with Gasteiger partial charge in [-0.05, 0) is 38.0 Å². The minimum Gasteiger partial charge on any atom is -0.324 e. The van der Waals surface area contributed by atoms with Gasteiger partial charge < -0.3 is 5.73 Å². The van der Waals surface area contributed by atoms with Crippen molar-refractivity contribution in [2.45, 2.75) is 78.3 Å². The molecule has 0 aliphatic heterocycles. The summed E-state index contributed by atoms with van der Waals surface area (Å²) in [4.78, 5) is 0. The molecule has 2 N–H and O–H groups in total. The quantitative estimate of drug-likeness (QED) is 0.852. The van der Waals surface area contributed by atoms with Crippen molar-refractivity contribution < 1.29 is 0 Å². The van der Waals surface area contributed by atoms with E-state index in [4.69, 9.17) is 10.8 Å². The average molecular weight is 263 g/mol. The van der Waals surface area contributed by atoms with E-state index in [1.165, 1.54) is 42.6 Å². The zero-order chi connectivity index (χ0) is 13.8. The fourth-order valence-electron chi connectivity index (χ4n) is 3.42. The molecule has 0 radical (unpaired) electrons. The van der Waals surface area contributed by atoms with Crippen LogP contribution in [0.2, 0.25) is 0 Å². The average Bonchev–Trinajstić information content (AvgIpc) is 3.05. The van der Waals surface area contributed by atoms with Crippen molar-refractivity contribution >= 4 is 0 Å². The smallest absolute Gasteiger partial charge is 0.0672 e. The Labute approximate surface area is 117 Å². The first-order chi connectivity index (χ1) is 9.21. The summed E-state index contributed by atoms with van der Waals surface area (Å²) in [6.07, 6.45) is 8.58. The lowest BCUT2D eigenvalue weighted by Gasteiger charge is -2.14. The second kappa shape index (κ2) is 6.56. The molecule has 1 aliphatic carbocycles. The lowest BCUT2D eigenvalue weighted by molar-refractivity contribution is 0.417.